The van der Waals surface area contributed by atoms with Gasteiger partial charge in [0.15, 0.2) is 0 Å². The lowest BCUT2D eigenvalue weighted by molar-refractivity contribution is 0.0615. The van der Waals surface area contributed by atoms with E-state index in [9.17, 15) is 4.79 Å². The van der Waals surface area contributed by atoms with E-state index in [1.807, 2.05) is 40.9 Å². The van der Waals surface area contributed by atoms with Crippen molar-refractivity contribution in [3.8, 4) is 0 Å². The van der Waals surface area contributed by atoms with Gasteiger partial charge in [0.1, 0.15) is 0 Å². The van der Waals surface area contributed by atoms with Gasteiger partial charge in [-0.2, -0.15) is 5.10 Å². The zero-order valence-corrected chi connectivity index (χ0v) is 14.8. The Morgan fingerprint density at radius 2 is 2.04 bits per heavy atom. The van der Waals surface area contributed by atoms with Crippen molar-refractivity contribution in [2.24, 2.45) is 0 Å². The van der Waals surface area contributed by atoms with Gasteiger partial charge < -0.3 is 9.80 Å². The molecular formula is C19H25N5O. The number of fused-ring (bicyclic) bond motifs is 1. The van der Waals surface area contributed by atoms with Crippen LogP contribution >= 0.6 is 0 Å². The molecular weight excluding hydrogens is 314 g/mol. The van der Waals surface area contributed by atoms with Crippen molar-refractivity contribution in [2.75, 3.05) is 19.6 Å². The molecule has 1 atom stereocenters. The van der Waals surface area contributed by atoms with Crippen molar-refractivity contribution in [1.29, 1.82) is 0 Å². The van der Waals surface area contributed by atoms with Gasteiger partial charge in [-0.3, -0.25) is 14.5 Å². The van der Waals surface area contributed by atoms with E-state index in [0.29, 0.717) is 12.1 Å². The number of aromatic nitrogens is 3. The number of rotatable bonds is 3. The third-order valence-corrected chi connectivity index (χ3v) is 5.34. The zero-order chi connectivity index (χ0) is 17.2. The third kappa shape index (κ3) is 3.44. The summed E-state index contributed by atoms with van der Waals surface area (Å²) in [6.07, 6.45) is 7.00. The Hall–Kier alpha value is -2.21. The van der Waals surface area contributed by atoms with Crippen molar-refractivity contribution in [3.05, 3.63) is 47.5 Å². The van der Waals surface area contributed by atoms with Gasteiger partial charge in [-0.25, -0.2) is 0 Å². The van der Waals surface area contributed by atoms with Gasteiger partial charge in [-0.1, -0.05) is 0 Å². The van der Waals surface area contributed by atoms with Crippen LogP contribution in [0, 0.1) is 6.92 Å². The lowest BCUT2D eigenvalue weighted by Crippen LogP contribution is -2.45. The summed E-state index contributed by atoms with van der Waals surface area (Å²) in [5.74, 6) is 0.0753. The molecule has 6 heteroatoms. The van der Waals surface area contributed by atoms with Gasteiger partial charge in [0.25, 0.3) is 5.91 Å². The van der Waals surface area contributed by atoms with Crippen molar-refractivity contribution < 1.29 is 4.79 Å². The first-order chi connectivity index (χ1) is 12.2. The maximum absolute atomic E-state index is 13.2. The number of aryl methyl sites for hydroxylation is 2. The van der Waals surface area contributed by atoms with Gasteiger partial charge in [0.05, 0.1) is 17.8 Å². The van der Waals surface area contributed by atoms with E-state index >= 15 is 0 Å². The summed E-state index contributed by atoms with van der Waals surface area (Å²) in [5, 5.41) is 4.41. The molecule has 2 aromatic rings. The molecule has 0 saturated carbocycles. The van der Waals surface area contributed by atoms with Gasteiger partial charge in [0, 0.05) is 37.2 Å². The van der Waals surface area contributed by atoms with E-state index in [1.165, 1.54) is 12.8 Å². The summed E-state index contributed by atoms with van der Waals surface area (Å²) in [4.78, 5) is 22.0. The maximum atomic E-state index is 13.2. The smallest absolute Gasteiger partial charge is 0.256 e. The lowest BCUT2D eigenvalue weighted by Gasteiger charge is -2.32. The van der Waals surface area contributed by atoms with Gasteiger partial charge in [-0.05, 0) is 57.5 Å². The summed E-state index contributed by atoms with van der Waals surface area (Å²) < 4.78 is 2.04. The molecule has 0 spiro atoms. The van der Waals surface area contributed by atoms with Crippen molar-refractivity contribution in [2.45, 2.75) is 45.3 Å². The highest BCUT2D eigenvalue weighted by Gasteiger charge is 2.30. The standard InChI is InChI=1S/C19H25N5O/c1-15-4-5-16(12-20-15)19(25)23-14-18-6-8-21-24(18)11-7-17(23)13-22-9-2-3-10-22/h4-6,8,12,17H,2-3,7,9-11,13-14H2,1H3/t17-/m1/s1. The molecule has 0 bridgehead atoms. The molecule has 2 aromatic heterocycles. The summed E-state index contributed by atoms with van der Waals surface area (Å²) in [7, 11) is 0. The number of carbonyl (C=O) groups is 1. The molecule has 0 aromatic carbocycles. The molecule has 4 rings (SSSR count). The minimum absolute atomic E-state index is 0.0753. The maximum Gasteiger partial charge on any atom is 0.256 e. The Kier molecular flexibility index (Phi) is 4.53. The van der Waals surface area contributed by atoms with Crippen molar-refractivity contribution in [1.82, 2.24) is 24.6 Å². The molecule has 0 radical (unpaired) electrons. The molecule has 25 heavy (non-hydrogen) atoms. The quantitative estimate of drug-likeness (QED) is 0.859. The fourth-order valence-electron chi connectivity index (χ4n) is 3.88. The molecule has 0 N–H and O–H groups in total. The Labute approximate surface area is 148 Å². The predicted octanol–water partition coefficient (Wildman–Crippen LogP) is 2.10. The Balaban J connectivity index is 1.60. The second kappa shape index (κ2) is 6.96. The second-order valence-electron chi connectivity index (χ2n) is 7.12. The van der Waals surface area contributed by atoms with E-state index in [0.717, 1.165) is 44.0 Å². The van der Waals surface area contributed by atoms with Crippen LogP contribution in [-0.2, 0) is 13.1 Å². The number of pyridine rings is 1. The van der Waals surface area contributed by atoms with E-state index < -0.39 is 0 Å². The molecule has 1 saturated heterocycles. The molecule has 2 aliphatic rings. The number of amides is 1. The molecule has 0 unspecified atom stereocenters. The molecule has 4 heterocycles. The lowest BCUT2D eigenvalue weighted by atomic mass is 10.1. The molecule has 1 amide bonds. The van der Waals surface area contributed by atoms with Crippen LogP contribution in [0.4, 0.5) is 0 Å². The Morgan fingerprint density at radius 3 is 2.80 bits per heavy atom. The number of hydrogen-bond donors (Lipinski definition) is 0. The van der Waals surface area contributed by atoms with Crippen LogP contribution in [-0.4, -0.2) is 56.1 Å². The topological polar surface area (TPSA) is 54.3 Å². The van der Waals surface area contributed by atoms with Crippen LogP contribution < -0.4 is 0 Å². The predicted molar refractivity (Wildman–Crippen MR) is 95.2 cm³/mol. The third-order valence-electron chi connectivity index (χ3n) is 5.34. The highest BCUT2D eigenvalue weighted by atomic mass is 16.2. The average Bonchev–Trinajstić information content (AvgIpc) is 3.25. The van der Waals surface area contributed by atoms with Crippen molar-refractivity contribution >= 4 is 5.91 Å². The van der Waals surface area contributed by atoms with Crippen LogP contribution in [0.15, 0.2) is 30.6 Å². The molecule has 6 nitrogen and oxygen atoms in total. The Bertz CT molecular complexity index is 733. The molecule has 2 aliphatic heterocycles. The number of likely N-dealkylation sites (tertiary alicyclic amines) is 1. The number of nitrogens with zero attached hydrogens (tertiary/aromatic N) is 5. The highest BCUT2D eigenvalue weighted by molar-refractivity contribution is 5.94. The molecule has 0 aliphatic carbocycles. The fraction of sp³-hybridized carbons (Fsp3) is 0.526. The average molecular weight is 339 g/mol. The van der Waals surface area contributed by atoms with Gasteiger partial charge >= 0.3 is 0 Å². The van der Waals surface area contributed by atoms with Crippen LogP contribution in [0.5, 0.6) is 0 Å². The summed E-state index contributed by atoms with van der Waals surface area (Å²) in [6, 6.07) is 6.03. The van der Waals surface area contributed by atoms with Crippen LogP contribution in [0.1, 0.15) is 41.0 Å². The van der Waals surface area contributed by atoms with E-state index in [2.05, 4.69) is 15.0 Å². The summed E-state index contributed by atoms with van der Waals surface area (Å²) in [5.41, 5.74) is 2.71. The minimum Gasteiger partial charge on any atom is -0.328 e. The van der Waals surface area contributed by atoms with Crippen molar-refractivity contribution in [3.63, 3.8) is 0 Å². The SMILES string of the molecule is Cc1ccc(C(=O)N2Cc3ccnn3CC[C@@H]2CN2CCCC2)cn1. The van der Waals surface area contributed by atoms with Crippen LogP contribution in [0.2, 0.25) is 0 Å². The molecule has 1 fully saturated rings. The first kappa shape index (κ1) is 16.3. The first-order valence-corrected chi connectivity index (χ1v) is 9.17. The summed E-state index contributed by atoms with van der Waals surface area (Å²) in [6.45, 7) is 6.68. The second-order valence-corrected chi connectivity index (χ2v) is 7.12. The normalized spacial score (nSPS) is 21.2. The highest BCUT2D eigenvalue weighted by Crippen LogP contribution is 2.22. The summed E-state index contributed by atoms with van der Waals surface area (Å²) >= 11 is 0. The largest absolute Gasteiger partial charge is 0.328 e. The zero-order valence-electron chi connectivity index (χ0n) is 14.8. The van der Waals surface area contributed by atoms with E-state index in [-0.39, 0.29) is 11.9 Å². The van der Waals surface area contributed by atoms with Crippen LogP contribution in [0.25, 0.3) is 0 Å². The number of carbonyl (C=O) groups excluding carboxylic acids is 1. The van der Waals surface area contributed by atoms with Gasteiger partial charge in [-0.15, -0.1) is 0 Å². The van der Waals surface area contributed by atoms with E-state index in [1.54, 1.807) is 6.20 Å². The number of hydrogen-bond acceptors (Lipinski definition) is 4. The molecule has 132 valence electrons. The fourth-order valence-corrected chi connectivity index (χ4v) is 3.88. The van der Waals surface area contributed by atoms with Crippen LogP contribution in [0.3, 0.4) is 0 Å². The van der Waals surface area contributed by atoms with E-state index in [4.69, 9.17) is 0 Å². The minimum atomic E-state index is 0.0753. The van der Waals surface area contributed by atoms with Gasteiger partial charge in [0.2, 0.25) is 0 Å². The monoisotopic (exact) mass is 339 g/mol. The Morgan fingerprint density at radius 1 is 1.20 bits per heavy atom. The first-order valence-electron chi connectivity index (χ1n) is 9.17.